The number of aliphatic hydroxyl groups excluding tert-OH is 1. The molecule has 0 spiro atoms. The smallest absolute Gasteiger partial charge is 0.122 e. The Morgan fingerprint density at radius 1 is 1.50 bits per heavy atom. The van der Waals surface area contributed by atoms with E-state index in [0.717, 1.165) is 18.6 Å². The Morgan fingerprint density at radius 2 is 2.31 bits per heavy atom. The van der Waals surface area contributed by atoms with Crippen LogP contribution in [0.4, 0.5) is 0 Å². The van der Waals surface area contributed by atoms with Gasteiger partial charge in [-0.2, -0.15) is 0 Å². The first-order valence-corrected chi connectivity index (χ1v) is 6.02. The molecule has 2 rings (SSSR count). The summed E-state index contributed by atoms with van der Waals surface area (Å²) in [5.74, 6) is 1.99. The number of hydrogen-bond acceptors (Lipinski definition) is 2. The molecule has 0 aromatic heterocycles. The molecule has 0 saturated heterocycles. The van der Waals surface area contributed by atoms with Gasteiger partial charge >= 0.3 is 0 Å². The molecule has 2 heteroatoms. The summed E-state index contributed by atoms with van der Waals surface area (Å²) in [6.07, 6.45) is 3.34. The van der Waals surface area contributed by atoms with Gasteiger partial charge in [0.25, 0.3) is 0 Å². The van der Waals surface area contributed by atoms with Crippen LogP contribution in [0.3, 0.4) is 0 Å². The van der Waals surface area contributed by atoms with Crippen molar-refractivity contribution < 1.29 is 9.84 Å². The summed E-state index contributed by atoms with van der Waals surface area (Å²) in [7, 11) is 1.73. The van der Waals surface area contributed by atoms with Gasteiger partial charge in [-0.15, -0.1) is 0 Å². The number of rotatable bonds is 3. The van der Waals surface area contributed by atoms with Crippen molar-refractivity contribution in [2.75, 3.05) is 13.7 Å². The van der Waals surface area contributed by atoms with Gasteiger partial charge in [0.1, 0.15) is 5.75 Å². The highest BCUT2D eigenvalue weighted by Crippen LogP contribution is 2.35. The first-order chi connectivity index (χ1) is 7.76. The van der Waals surface area contributed by atoms with Gasteiger partial charge in [-0.25, -0.2) is 0 Å². The first-order valence-electron chi connectivity index (χ1n) is 6.02. The number of hydrogen-bond donors (Lipinski definition) is 1. The van der Waals surface area contributed by atoms with Crippen LogP contribution in [0.5, 0.6) is 5.75 Å². The van der Waals surface area contributed by atoms with Crippen molar-refractivity contribution in [3.8, 4) is 5.75 Å². The van der Waals surface area contributed by atoms with E-state index in [1.807, 2.05) is 6.07 Å². The lowest BCUT2D eigenvalue weighted by atomic mass is 9.77. The van der Waals surface area contributed by atoms with E-state index in [4.69, 9.17) is 4.74 Å². The van der Waals surface area contributed by atoms with Crippen molar-refractivity contribution in [1.29, 1.82) is 0 Å². The van der Waals surface area contributed by atoms with Crippen molar-refractivity contribution in [3.05, 3.63) is 29.3 Å². The van der Waals surface area contributed by atoms with Crippen LogP contribution in [0.15, 0.2) is 18.2 Å². The molecule has 0 saturated carbocycles. The molecule has 0 bridgehead atoms. The van der Waals surface area contributed by atoms with Gasteiger partial charge in [0.05, 0.1) is 7.11 Å². The molecule has 2 unspecified atom stereocenters. The SMILES string of the molecule is COc1cccc2c1CC(C(C)CO)CC2. The van der Waals surface area contributed by atoms with Crippen LogP contribution < -0.4 is 4.74 Å². The van der Waals surface area contributed by atoms with E-state index in [2.05, 4.69) is 19.1 Å². The summed E-state index contributed by atoms with van der Waals surface area (Å²) >= 11 is 0. The average Bonchev–Trinajstić information content (AvgIpc) is 2.36. The summed E-state index contributed by atoms with van der Waals surface area (Å²) in [5, 5.41) is 9.23. The van der Waals surface area contributed by atoms with Gasteiger partial charge in [-0.05, 0) is 48.3 Å². The lowest BCUT2D eigenvalue weighted by Gasteiger charge is -2.29. The minimum absolute atomic E-state index is 0.287. The molecular weight excluding hydrogens is 200 g/mol. The molecule has 2 atom stereocenters. The van der Waals surface area contributed by atoms with Crippen LogP contribution in [-0.4, -0.2) is 18.8 Å². The normalized spacial score (nSPS) is 21.3. The second-order valence-corrected chi connectivity index (χ2v) is 4.76. The fourth-order valence-electron chi connectivity index (χ4n) is 2.61. The predicted octanol–water partition coefficient (Wildman–Crippen LogP) is 2.43. The van der Waals surface area contributed by atoms with Crippen LogP contribution in [0.2, 0.25) is 0 Å². The summed E-state index contributed by atoms with van der Waals surface area (Å²) in [6, 6.07) is 6.29. The maximum Gasteiger partial charge on any atom is 0.122 e. The van der Waals surface area contributed by atoms with Crippen LogP contribution in [0, 0.1) is 11.8 Å². The summed E-state index contributed by atoms with van der Waals surface area (Å²) < 4.78 is 5.41. The zero-order valence-corrected chi connectivity index (χ0v) is 10.1. The van der Waals surface area contributed by atoms with E-state index in [9.17, 15) is 5.11 Å². The van der Waals surface area contributed by atoms with Gasteiger partial charge in [-0.3, -0.25) is 0 Å². The molecule has 0 heterocycles. The Bertz CT molecular complexity index is 346. The highest BCUT2D eigenvalue weighted by molar-refractivity contribution is 5.42. The maximum absolute atomic E-state index is 9.23. The van der Waals surface area contributed by atoms with Gasteiger partial charge in [-0.1, -0.05) is 19.1 Å². The van der Waals surface area contributed by atoms with Crippen molar-refractivity contribution in [1.82, 2.24) is 0 Å². The molecule has 0 fully saturated rings. The minimum atomic E-state index is 0.287. The molecule has 88 valence electrons. The molecule has 0 amide bonds. The fourth-order valence-corrected chi connectivity index (χ4v) is 2.61. The molecule has 0 aliphatic heterocycles. The summed E-state index contributed by atoms with van der Waals surface area (Å²) in [5.41, 5.74) is 2.77. The first kappa shape index (κ1) is 11.5. The fraction of sp³-hybridized carbons (Fsp3) is 0.571. The zero-order valence-electron chi connectivity index (χ0n) is 10.1. The Balaban J connectivity index is 2.24. The Kier molecular flexibility index (Phi) is 3.49. The molecule has 1 aromatic rings. The molecule has 1 N–H and O–H groups in total. The van der Waals surface area contributed by atoms with Crippen molar-refractivity contribution in [2.24, 2.45) is 11.8 Å². The van der Waals surface area contributed by atoms with Crippen molar-refractivity contribution in [3.63, 3.8) is 0 Å². The van der Waals surface area contributed by atoms with E-state index in [1.54, 1.807) is 7.11 Å². The second kappa shape index (κ2) is 4.88. The molecule has 1 aliphatic carbocycles. The Labute approximate surface area is 97.3 Å². The molecule has 2 nitrogen and oxygen atoms in total. The summed E-state index contributed by atoms with van der Waals surface area (Å²) in [6.45, 7) is 2.42. The minimum Gasteiger partial charge on any atom is -0.496 e. The number of ether oxygens (including phenoxy) is 1. The molecule has 1 aromatic carbocycles. The molecule has 0 radical (unpaired) electrons. The van der Waals surface area contributed by atoms with E-state index in [1.165, 1.54) is 17.5 Å². The highest BCUT2D eigenvalue weighted by Gasteiger charge is 2.24. The maximum atomic E-state index is 9.23. The molecular formula is C14H20O2. The zero-order chi connectivity index (χ0) is 11.5. The van der Waals surface area contributed by atoms with Crippen LogP contribution in [0.1, 0.15) is 24.5 Å². The number of aryl methyl sites for hydroxylation is 1. The van der Waals surface area contributed by atoms with Gasteiger partial charge in [0.15, 0.2) is 0 Å². The van der Waals surface area contributed by atoms with Crippen LogP contribution in [-0.2, 0) is 12.8 Å². The monoisotopic (exact) mass is 220 g/mol. The summed E-state index contributed by atoms with van der Waals surface area (Å²) in [4.78, 5) is 0. The largest absolute Gasteiger partial charge is 0.496 e. The van der Waals surface area contributed by atoms with E-state index >= 15 is 0 Å². The molecule has 16 heavy (non-hydrogen) atoms. The third kappa shape index (κ3) is 2.07. The lowest BCUT2D eigenvalue weighted by molar-refractivity contribution is 0.177. The van der Waals surface area contributed by atoms with Crippen molar-refractivity contribution >= 4 is 0 Å². The predicted molar refractivity (Wildman–Crippen MR) is 64.8 cm³/mol. The standard InChI is InChI=1S/C14H20O2/c1-10(9-15)12-7-6-11-4-3-5-14(16-2)13(11)8-12/h3-5,10,12,15H,6-9H2,1-2H3. The lowest BCUT2D eigenvalue weighted by Crippen LogP contribution is -2.23. The topological polar surface area (TPSA) is 29.5 Å². The Hall–Kier alpha value is -1.02. The van der Waals surface area contributed by atoms with Crippen molar-refractivity contribution in [2.45, 2.75) is 26.2 Å². The third-order valence-corrected chi connectivity index (χ3v) is 3.79. The van der Waals surface area contributed by atoms with Gasteiger partial charge < -0.3 is 9.84 Å². The van der Waals surface area contributed by atoms with Crippen LogP contribution in [0.25, 0.3) is 0 Å². The molecule has 1 aliphatic rings. The van der Waals surface area contributed by atoms with Gasteiger partial charge in [0.2, 0.25) is 0 Å². The van der Waals surface area contributed by atoms with Crippen LogP contribution >= 0.6 is 0 Å². The van der Waals surface area contributed by atoms with E-state index < -0.39 is 0 Å². The highest BCUT2D eigenvalue weighted by atomic mass is 16.5. The number of benzene rings is 1. The average molecular weight is 220 g/mol. The number of aliphatic hydroxyl groups is 1. The van der Waals surface area contributed by atoms with Gasteiger partial charge in [0, 0.05) is 6.61 Å². The number of methoxy groups -OCH3 is 1. The third-order valence-electron chi connectivity index (χ3n) is 3.79. The van der Waals surface area contributed by atoms with E-state index in [0.29, 0.717) is 11.8 Å². The number of fused-ring (bicyclic) bond motifs is 1. The quantitative estimate of drug-likeness (QED) is 0.847. The van der Waals surface area contributed by atoms with E-state index in [-0.39, 0.29) is 6.61 Å². The Morgan fingerprint density at radius 3 is 3.00 bits per heavy atom. The second-order valence-electron chi connectivity index (χ2n) is 4.76.